The van der Waals surface area contributed by atoms with Crippen LogP contribution in [0.15, 0.2) is 95.9 Å². The van der Waals surface area contributed by atoms with E-state index in [2.05, 4.69) is 0 Å². The Bertz CT molecular complexity index is 2400. The SMILES string of the molecule is [2H]C1=C(SCc2cccc(F)c2F)N(CC(=O)N(C2CCN(C([2H])([2H])C([2H])([2H])OC)CC2)C([2H])([2H])c2ccc(-c3ccc(C(F)(F)F)cc3)cc2)c2c([2H])c([2H])c(C)c([2H])c2C1O. The van der Waals surface area contributed by atoms with Crippen molar-refractivity contribution in [3.63, 3.8) is 0 Å². The zero-order valence-corrected chi connectivity index (χ0v) is 29.5. The number of thioether (sulfide) groups is 1. The Morgan fingerprint density at radius 1 is 1.04 bits per heavy atom. The standard InChI is InChI=1S/C41H42F5N3O3S/c1-27-6-15-36-34(22-27)37(50)23-39(53-26-31-4-3-5-35(42)40(31)43)49(36)25-38(51)48(33-16-18-47(19-17-33)20-21-52-2)24-28-7-9-29(10-8-28)30-11-13-32(14-12-30)41(44,45)46/h3-15,22-23,33,37,50H,16-21,24-26H2,1-2H3/i6D,15D,20D2,21D2,22D,23D,24D2. The van der Waals surface area contributed by atoms with E-state index in [1.165, 1.54) is 60.4 Å². The normalized spacial score (nSPS) is 20.5. The molecule has 1 saturated heterocycles. The first kappa shape index (κ1) is 27.4. The molecule has 1 atom stereocenters. The van der Waals surface area contributed by atoms with Gasteiger partial charge in [-0.1, -0.05) is 66.2 Å². The average Bonchev–Trinajstić information content (AvgIpc) is 3.24. The molecule has 1 fully saturated rings. The van der Waals surface area contributed by atoms with Crippen LogP contribution in [0.5, 0.6) is 0 Å². The summed E-state index contributed by atoms with van der Waals surface area (Å²) in [7, 11) is 1.01. The van der Waals surface area contributed by atoms with E-state index >= 15 is 4.79 Å². The Kier molecular flexibility index (Phi) is 8.70. The number of likely N-dealkylation sites (tertiary alicyclic amines) is 1. The van der Waals surface area contributed by atoms with Crippen LogP contribution >= 0.6 is 11.8 Å². The van der Waals surface area contributed by atoms with E-state index in [9.17, 15) is 29.8 Å². The monoisotopic (exact) mass is 761 g/mol. The van der Waals surface area contributed by atoms with Crippen LogP contribution in [0.1, 0.15) is 60.5 Å². The number of benzene rings is 4. The lowest BCUT2D eigenvalue weighted by atomic mass is 9.99. The zero-order valence-electron chi connectivity index (χ0n) is 38.7. The summed E-state index contributed by atoms with van der Waals surface area (Å²) in [5.41, 5.74) is -0.865. The molecule has 2 aliphatic rings. The van der Waals surface area contributed by atoms with Crippen LogP contribution in [-0.2, 0) is 28.0 Å². The Morgan fingerprint density at radius 2 is 1.72 bits per heavy atom. The van der Waals surface area contributed by atoms with Gasteiger partial charge in [-0.25, -0.2) is 8.78 Å². The number of amides is 1. The molecule has 4 aromatic carbocycles. The molecular formula is C41H42F5N3O3S. The third-order valence-corrected chi connectivity index (χ3v) is 9.83. The highest BCUT2D eigenvalue weighted by Crippen LogP contribution is 2.41. The van der Waals surface area contributed by atoms with Gasteiger partial charge in [0.1, 0.15) is 12.6 Å². The molecule has 1 amide bonds. The molecule has 0 bridgehead atoms. The van der Waals surface area contributed by atoms with Crippen molar-refractivity contribution in [2.45, 2.75) is 50.3 Å². The predicted molar refractivity (Wildman–Crippen MR) is 198 cm³/mol. The van der Waals surface area contributed by atoms with Crippen molar-refractivity contribution in [2.24, 2.45) is 0 Å². The fraction of sp³-hybridized carbons (Fsp3) is 0.341. The molecule has 12 heteroatoms. The van der Waals surface area contributed by atoms with Crippen LogP contribution in [0, 0.1) is 18.6 Å². The maximum atomic E-state index is 15.0. The van der Waals surface area contributed by atoms with Crippen LogP contribution in [0.2, 0.25) is 0 Å². The van der Waals surface area contributed by atoms with E-state index in [-0.39, 0.29) is 70.7 Å². The first-order valence-electron chi connectivity index (χ1n) is 21.6. The second kappa shape index (κ2) is 16.8. The quantitative estimate of drug-likeness (QED) is 0.146. The van der Waals surface area contributed by atoms with Gasteiger partial charge in [-0.3, -0.25) is 4.79 Å². The highest BCUT2D eigenvalue weighted by molar-refractivity contribution is 8.02. The fourth-order valence-corrected chi connectivity index (χ4v) is 7.03. The molecule has 2 heterocycles. The lowest BCUT2D eigenvalue weighted by Gasteiger charge is -2.40. The van der Waals surface area contributed by atoms with Crippen molar-refractivity contribution in [1.29, 1.82) is 0 Å². The molecular weight excluding hydrogens is 710 g/mol. The number of rotatable bonds is 12. The first-order chi connectivity index (χ1) is 29.3. The molecule has 280 valence electrons. The molecule has 0 spiro atoms. The van der Waals surface area contributed by atoms with Gasteiger partial charge in [0.15, 0.2) is 11.6 Å². The third kappa shape index (κ3) is 9.29. The maximum absolute atomic E-state index is 15.0. The second-order valence-corrected chi connectivity index (χ2v) is 13.3. The number of carbonyl (C=O) groups excluding carboxylic acids is 1. The fourth-order valence-electron chi connectivity index (χ4n) is 6.01. The number of alkyl halides is 3. The number of hydrogen-bond donors (Lipinski definition) is 1. The minimum Gasteiger partial charge on any atom is -0.384 e. The van der Waals surface area contributed by atoms with Crippen molar-refractivity contribution in [3.05, 3.63) is 135 Å². The summed E-state index contributed by atoms with van der Waals surface area (Å²) < 4.78 is 161. The summed E-state index contributed by atoms with van der Waals surface area (Å²) in [4.78, 5) is 18.2. The summed E-state index contributed by atoms with van der Waals surface area (Å²) in [5, 5.41) is 11.2. The summed E-state index contributed by atoms with van der Waals surface area (Å²) >= 11 is 0.707. The third-order valence-electron chi connectivity index (χ3n) is 8.77. The van der Waals surface area contributed by atoms with E-state index in [4.69, 9.17) is 15.7 Å². The molecule has 4 aromatic rings. The van der Waals surface area contributed by atoms with Gasteiger partial charge >= 0.3 is 6.18 Å². The minimum absolute atomic E-state index is 0.00279. The van der Waals surface area contributed by atoms with E-state index in [1.807, 2.05) is 0 Å². The molecule has 0 aromatic heterocycles. The Hall–Kier alpha value is -4.23. The molecule has 1 unspecified atom stereocenters. The highest BCUT2D eigenvalue weighted by Gasteiger charge is 2.33. The van der Waals surface area contributed by atoms with Gasteiger partial charge in [-0.15, -0.1) is 11.8 Å². The molecule has 1 N–H and O–H groups in total. The second-order valence-electron chi connectivity index (χ2n) is 12.4. The lowest BCUT2D eigenvalue weighted by Crippen LogP contribution is -2.50. The number of methoxy groups -OCH3 is 1. The number of piperidine rings is 1. The van der Waals surface area contributed by atoms with Crippen LogP contribution in [0.4, 0.5) is 27.6 Å². The lowest BCUT2D eigenvalue weighted by molar-refractivity contribution is -0.137. The number of ether oxygens (including phenoxy) is 1. The predicted octanol–water partition coefficient (Wildman–Crippen LogP) is 8.73. The van der Waals surface area contributed by atoms with Gasteiger partial charge in [0.2, 0.25) is 5.91 Å². The zero-order chi connectivity index (χ0) is 46.6. The molecule has 0 saturated carbocycles. The van der Waals surface area contributed by atoms with Crippen LogP contribution in [0.3, 0.4) is 0 Å². The molecule has 2 aliphatic heterocycles. The summed E-state index contributed by atoms with van der Waals surface area (Å²) in [5.74, 6) is -3.67. The number of halogens is 5. The molecule has 6 rings (SSSR count). The topological polar surface area (TPSA) is 56.3 Å². The summed E-state index contributed by atoms with van der Waals surface area (Å²) in [6.07, 6.45) is -6.61. The number of carbonyl (C=O) groups is 1. The van der Waals surface area contributed by atoms with E-state index in [0.29, 0.717) is 22.9 Å². The van der Waals surface area contributed by atoms with Crippen molar-refractivity contribution in [1.82, 2.24) is 9.80 Å². The van der Waals surface area contributed by atoms with E-state index in [1.54, 1.807) is 0 Å². The number of nitrogens with zero attached hydrogens (tertiary/aromatic N) is 3. The molecule has 53 heavy (non-hydrogen) atoms. The largest absolute Gasteiger partial charge is 0.416 e. The van der Waals surface area contributed by atoms with Gasteiger partial charge in [0.25, 0.3) is 0 Å². The minimum atomic E-state index is -4.57. The van der Waals surface area contributed by atoms with Gasteiger partial charge < -0.3 is 24.5 Å². The van der Waals surface area contributed by atoms with Gasteiger partial charge in [-0.2, -0.15) is 13.2 Å². The van der Waals surface area contributed by atoms with Crippen molar-refractivity contribution >= 4 is 23.4 Å². The number of hydrogen-bond acceptors (Lipinski definition) is 6. The number of anilines is 1. The van der Waals surface area contributed by atoms with Crippen LogP contribution in [-0.4, -0.2) is 66.7 Å². The van der Waals surface area contributed by atoms with E-state index < -0.39 is 85.7 Å². The average molecular weight is 762 g/mol. The van der Waals surface area contributed by atoms with Gasteiger partial charge in [-0.05, 0) is 66.7 Å². The Balaban J connectivity index is 1.42. The van der Waals surface area contributed by atoms with Gasteiger partial charge in [0.05, 0.1) is 28.1 Å². The number of aliphatic hydroxyl groups is 1. The number of fused-ring (bicyclic) bond motifs is 1. The van der Waals surface area contributed by atoms with E-state index in [0.717, 1.165) is 35.1 Å². The van der Waals surface area contributed by atoms with Crippen molar-refractivity contribution in [2.75, 3.05) is 44.7 Å². The Labute approximate surface area is 324 Å². The molecule has 6 nitrogen and oxygen atoms in total. The van der Waals surface area contributed by atoms with Gasteiger partial charge in [0, 0.05) is 64.5 Å². The molecule has 0 aliphatic carbocycles. The maximum Gasteiger partial charge on any atom is 0.416 e. The number of aliphatic hydroxyl groups excluding tert-OH is 1. The smallest absolute Gasteiger partial charge is 0.384 e. The van der Waals surface area contributed by atoms with Crippen LogP contribution < -0.4 is 4.90 Å². The first-order valence-corrected chi connectivity index (χ1v) is 17.6. The van der Waals surface area contributed by atoms with Crippen molar-refractivity contribution in [3.8, 4) is 11.1 Å². The summed E-state index contributed by atoms with van der Waals surface area (Å²) in [6.45, 7) is -7.96. The van der Waals surface area contributed by atoms with Crippen LogP contribution in [0.25, 0.3) is 11.1 Å². The van der Waals surface area contributed by atoms with Crippen molar-refractivity contribution < 1.29 is 50.3 Å². The molecule has 0 radical (unpaired) electrons. The Morgan fingerprint density at radius 3 is 2.38 bits per heavy atom. The summed E-state index contributed by atoms with van der Waals surface area (Å²) in [6, 6.07) is 10.4. The highest BCUT2D eigenvalue weighted by atomic mass is 32.2.